The highest BCUT2D eigenvalue weighted by Gasteiger charge is 2.44. The lowest BCUT2D eigenvalue weighted by molar-refractivity contribution is -0.384. The molecule has 0 saturated carbocycles. The zero-order chi connectivity index (χ0) is 26.6. The molecule has 0 radical (unpaired) electrons. The number of Topliss-reactive ketones (excluding diaryl/α,β-unsaturated/α-hetero) is 1. The van der Waals surface area contributed by atoms with Crippen molar-refractivity contribution in [3.05, 3.63) is 123 Å². The lowest BCUT2D eigenvalue weighted by Crippen LogP contribution is -2.38. The Morgan fingerprint density at radius 3 is 2.26 bits per heavy atom. The Morgan fingerprint density at radius 1 is 0.947 bits per heavy atom. The molecule has 1 aliphatic carbocycles. The Morgan fingerprint density at radius 2 is 1.61 bits per heavy atom. The molecule has 7 nitrogen and oxygen atoms in total. The lowest BCUT2D eigenvalue weighted by atomic mass is 9.69. The normalized spacial score (nSPS) is 20.9. The van der Waals surface area contributed by atoms with Gasteiger partial charge in [0.25, 0.3) is 5.69 Å². The van der Waals surface area contributed by atoms with Crippen LogP contribution >= 0.6 is 0 Å². The van der Waals surface area contributed by atoms with Crippen LogP contribution in [0.2, 0.25) is 0 Å². The molecule has 0 amide bonds. The Labute approximate surface area is 221 Å². The van der Waals surface area contributed by atoms with Gasteiger partial charge >= 0.3 is 5.97 Å². The van der Waals surface area contributed by atoms with E-state index < -0.39 is 22.7 Å². The van der Waals surface area contributed by atoms with Crippen molar-refractivity contribution in [2.45, 2.75) is 38.0 Å². The van der Waals surface area contributed by atoms with Gasteiger partial charge in [0.05, 0.1) is 11.5 Å². The Bertz CT molecular complexity index is 1410. The molecule has 38 heavy (non-hydrogen) atoms. The standard InChI is InChI=1S/C31H28N2O5/c1-20-28(31(35)38-17-16-21-8-4-2-5-9-21)29(23-12-14-25(15-13-23)33(36)37)30-26(32-20)18-24(19-27(30)34)22-10-6-3-7-11-22/h2-15,24,28-29H,16-19H2,1H3. The third-order valence-electron chi connectivity index (χ3n) is 7.35. The van der Waals surface area contributed by atoms with Gasteiger partial charge in [0.2, 0.25) is 0 Å². The Hall–Kier alpha value is -4.39. The number of benzene rings is 3. The molecule has 3 aromatic carbocycles. The van der Waals surface area contributed by atoms with Crippen LogP contribution in [0.1, 0.15) is 48.3 Å². The van der Waals surface area contributed by atoms with Gasteiger partial charge in [-0.05, 0) is 36.0 Å². The maximum absolute atomic E-state index is 13.7. The summed E-state index contributed by atoms with van der Waals surface area (Å²) in [5.74, 6) is -1.90. The van der Waals surface area contributed by atoms with Crippen molar-refractivity contribution >= 4 is 23.2 Å². The third kappa shape index (κ3) is 5.18. The molecule has 0 N–H and O–H groups in total. The van der Waals surface area contributed by atoms with E-state index in [2.05, 4.69) is 0 Å². The van der Waals surface area contributed by atoms with Gasteiger partial charge in [-0.1, -0.05) is 72.8 Å². The molecule has 0 saturated heterocycles. The summed E-state index contributed by atoms with van der Waals surface area (Å²) in [5, 5.41) is 11.2. The van der Waals surface area contributed by atoms with Crippen LogP contribution in [-0.4, -0.2) is 29.0 Å². The quantitative estimate of drug-likeness (QED) is 0.223. The van der Waals surface area contributed by atoms with Gasteiger partial charge < -0.3 is 4.74 Å². The minimum absolute atomic E-state index is 0.00545. The number of ether oxygens (including phenoxy) is 1. The Balaban J connectivity index is 1.47. The first-order valence-electron chi connectivity index (χ1n) is 12.7. The number of hydrogen-bond donors (Lipinski definition) is 0. The highest BCUT2D eigenvalue weighted by atomic mass is 16.6. The molecule has 5 rings (SSSR count). The second-order valence-corrected chi connectivity index (χ2v) is 9.76. The number of rotatable bonds is 7. The minimum atomic E-state index is -0.789. The van der Waals surface area contributed by atoms with Crippen molar-refractivity contribution in [1.82, 2.24) is 0 Å². The molecule has 7 heteroatoms. The summed E-state index contributed by atoms with van der Waals surface area (Å²) >= 11 is 0. The summed E-state index contributed by atoms with van der Waals surface area (Å²) in [6.45, 7) is 2.00. The molecule has 3 unspecified atom stereocenters. The van der Waals surface area contributed by atoms with Crippen molar-refractivity contribution in [3.63, 3.8) is 0 Å². The van der Waals surface area contributed by atoms with Gasteiger partial charge in [-0.2, -0.15) is 0 Å². The van der Waals surface area contributed by atoms with E-state index in [1.807, 2.05) is 60.7 Å². The highest BCUT2D eigenvalue weighted by molar-refractivity contribution is 6.09. The maximum Gasteiger partial charge on any atom is 0.315 e. The number of nitro groups is 1. The zero-order valence-corrected chi connectivity index (χ0v) is 21.1. The van der Waals surface area contributed by atoms with Crippen molar-refractivity contribution in [1.29, 1.82) is 0 Å². The van der Waals surface area contributed by atoms with Crippen LogP contribution in [0, 0.1) is 16.0 Å². The van der Waals surface area contributed by atoms with Gasteiger partial charge in [-0.15, -0.1) is 0 Å². The monoisotopic (exact) mass is 508 g/mol. The maximum atomic E-state index is 13.7. The number of nitrogens with zero attached hydrogens (tertiary/aromatic N) is 2. The fraction of sp³-hybridized carbons (Fsp3) is 0.258. The minimum Gasteiger partial charge on any atom is -0.465 e. The molecule has 192 valence electrons. The fourth-order valence-corrected chi connectivity index (χ4v) is 5.49. The number of esters is 1. The van der Waals surface area contributed by atoms with Crippen molar-refractivity contribution in [3.8, 4) is 0 Å². The molecular weight excluding hydrogens is 480 g/mol. The molecule has 0 bridgehead atoms. The van der Waals surface area contributed by atoms with E-state index in [1.165, 1.54) is 12.1 Å². The van der Waals surface area contributed by atoms with Gasteiger partial charge in [-0.3, -0.25) is 24.7 Å². The van der Waals surface area contributed by atoms with Crippen LogP contribution in [0.4, 0.5) is 5.69 Å². The summed E-state index contributed by atoms with van der Waals surface area (Å²) in [7, 11) is 0. The van der Waals surface area contributed by atoms with Crippen LogP contribution < -0.4 is 0 Å². The number of carbonyl (C=O) groups is 2. The van der Waals surface area contributed by atoms with Gasteiger partial charge in [0, 0.05) is 47.9 Å². The van der Waals surface area contributed by atoms with E-state index in [9.17, 15) is 19.7 Å². The topological polar surface area (TPSA) is 98.9 Å². The van der Waals surface area contributed by atoms with Crippen LogP contribution in [0.5, 0.6) is 0 Å². The largest absolute Gasteiger partial charge is 0.465 e. The van der Waals surface area contributed by atoms with Crippen LogP contribution in [0.25, 0.3) is 0 Å². The number of non-ortho nitro benzene ring substituents is 1. The number of nitro benzene ring substituents is 1. The van der Waals surface area contributed by atoms with E-state index in [0.29, 0.717) is 41.8 Å². The molecule has 3 aromatic rings. The summed E-state index contributed by atoms with van der Waals surface area (Å²) in [6, 6.07) is 25.7. The predicted molar refractivity (Wildman–Crippen MR) is 144 cm³/mol. The first kappa shape index (κ1) is 25.3. The highest BCUT2D eigenvalue weighted by Crippen LogP contribution is 2.47. The first-order chi connectivity index (χ1) is 18.4. The van der Waals surface area contributed by atoms with Gasteiger partial charge in [0.15, 0.2) is 5.78 Å². The van der Waals surface area contributed by atoms with Crippen molar-refractivity contribution in [2.24, 2.45) is 10.9 Å². The number of allylic oxidation sites excluding steroid dienone is 2. The van der Waals surface area contributed by atoms with E-state index in [1.54, 1.807) is 19.1 Å². The second-order valence-electron chi connectivity index (χ2n) is 9.76. The van der Waals surface area contributed by atoms with Crippen LogP contribution in [-0.2, 0) is 20.7 Å². The van der Waals surface area contributed by atoms with Crippen molar-refractivity contribution < 1.29 is 19.2 Å². The smallest absolute Gasteiger partial charge is 0.315 e. The zero-order valence-electron chi connectivity index (χ0n) is 21.1. The van der Waals surface area contributed by atoms with Gasteiger partial charge in [-0.25, -0.2) is 0 Å². The number of aliphatic imine (C=N–C) groups is 1. The molecule has 2 aliphatic rings. The molecular formula is C31H28N2O5. The van der Waals surface area contributed by atoms with E-state index in [-0.39, 0.29) is 24.0 Å². The van der Waals surface area contributed by atoms with Gasteiger partial charge in [0.1, 0.15) is 5.92 Å². The molecule has 1 heterocycles. The summed E-state index contributed by atoms with van der Waals surface area (Å²) in [4.78, 5) is 42.7. The number of hydrogen-bond acceptors (Lipinski definition) is 6. The summed E-state index contributed by atoms with van der Waals surface area (Å²) < 4.78 is 5.71. The fourth-order valence-electron chi connectivity index (χ4n) is 5.49. The molecule has 0 fully saturated rings. The van der Waals surface area contributed by atoms with E-state index >= 15 is 0 Å². The first-order valence-corrected chi connectivity index (χ1v) is 12.7. The SMILES string of the molecule is CC1=NC2=C(C(=O)CC(c3ccccc3)C2)C(c2ccc([N+](=O)[O-])cc2)C1C(=O)OCCc1ccccc1. The van der Waals surface area contributed by atoms with Crippen LogP contribution in [0.15, 0.2) is 101 Å². The number of carbonyl (C=O) groups excluding carboxylic acids is 2. The third-order valence-corrected chi connectivity index (χ3v) is 7.35. The Kier molecular flexibility index (Phi) is 7.26. The second kappa shape index (κ2) is 10.9. The predicted octanol–water partition coefficient (Wildman–Crippen LogP) is 5.96. The van der Waals surface area contributed by atoms with Crippen LogP contribution in [0.3, 0.4) is 0 Å². The molecule has 0 aromatic heterocycles. The molecule has 0 spiro atoms. The summed E-state index contributed by atoms with van der Waals surface area (Å²) in [5.41, 5.74) is 4.53. The average Bonchev–Trinajstić information content (AvgIpc) is 2.93. The van der Waals surface area contributed by atoms with E-state index in [0.717, 1.165) is 11.1 Å². The molecule has 3 atom stereocenters. The lowest BCUT2D eigenvalue weighted by Gasteiger charge is -2.36. The molecule has 1 aliphatic heterocycles. The van der Waals surface area contributed by atoms with Crippen molar-refractivity contribution in [2.75, 3.05) is 6.61 Å². The summed E-state index contributed by atoms with van der Waals surface area (Å²) in [6.07, 6.45) is 1.47. The average molecular weight is 509 g/mol. The van der Waals surface area contributed by atoms with E-state index in [4.69, 9.17) is 9.73 Å². The number of ketones is 1.